The smallest absolute Gasteiger partial charge is 0.205 e. The topological polar surface area (TPSA) is 56.0 Å². The second-order valence-electron chi connectivity index (χ2n) is 6.60. The molecule has 6 heteroatoms. The molecule has 3 nitrogen and oxygen atoms in total. The number of hydrogen-bond donors (Lipinski definition) is 1. The average molecular weight is 411 g/mol. The highest BCUT2D eigenvalue weighted by atomic mass is 35.5. The molecule has 1 aliphatic carbocycles. The molecule has 4 aromatic rings. The lowest BCUT2D eigenvalue weighted by Crippen LogP contribution is -2.02. The van der Waals surface area contributed by atoms with Gasteiger partial charge in [-0.15, -0.1) is 22.7 Å². The first kappa shape index (κ1) is 16.9. The van der Waals surface area contributed by atoms with Gasteiger partial charge in [0.05, 0.1) is 5.69 Å². The van der Waals surface area contributed by atoms with Crippen molar-refractivity contribution >= 4 is 56.0 Å². The van der Waals surface area contributed by atoms with E-state index in [1.54, 1.807) is 35.6 Å². The Morgan fingerprint density at radius 1 is 1.15 bits per heavy atom. The normalized spacial score (nSPS) is 13.2. The Bertz CT molecular complexity index is 1180. The third-order valence-corrected chi connectivity index (χ3v) is 7.22. The number of aromatic nitrogens is 1. The minimum atomic E-state index is -0.0792. The van der Waals surface area contributed by atoms with Crippen molar-refractivity contribution in [2.75, 3.05) is 5.73 Å². The molecule has 1 aromatic carbocycles. The number of hydrogen-bond acceptors (Lipinski definition) is 5. The molecule has 2 N–H and O–H groups in total. The summed E-state index contributed by atoms with van der Waals surface area (Å²) in [5, 5.41) is 3.61. The standard InChI is InChI=1S/C21H15ClN2OS2/c22-12-8-6-11(7-9-12)19(25)20-18(23)17-16(15-5-2-10-26-15)13-3-1-4-14(13)24-21(17)27-20/h2,5-10H,1,3-4,23H2. The summed E-state index contributed by atoms with van der Waals surface area (Å²) >= 11 is 9.05. The van der Waals surface area contributed by atoms with Crippen LogP contribution in [0.2, 0.25) is 5.02 Å². The average Bonchev–Trinajstić information content (AvgIpc) is 3.41. The van der Waals surface area contributed by atoms with Gasteiger partial charge in [-0.05, 0) is 60.5 Å². The van der Waals surface area contributed by atoms with Gasteiger partial charge in [0, 0.05) is 32.1 Å². The summed E-state index contributed by atoms with van der Waals surface area (Å²) in [5.74, 6) is -0.0792. The summed E-state index contributed by atoms with van der Waals surface area (Å²) in [4.78, 5) is 20.5. The monoisotopic (exact) mass is 410 g/mol. The Labute approximate surface area is 169 Å². The Morgan fingerprint density at radius 3 is 2.70 bits per heavy atom. The number of halogens is 1. The minimum Gasteiger partial charge on any atom is -0.397 e. The number of carbonyl (C=O) groups is 1. The number of pyridine rings is 1. The SMILES string of the molecule is Nc1c(C(=O)c2ccc(Cl)cc2)sc2nc3c(c(-c4cccs4)c12)CCC3. The number of nitrogens with two attached hydrogens (primary N) is 1. The van der Waals surface area contributed by atoms with E-state index in [4.69, 9.17) is 22.3 Å². The lowest BCUT2D eigenvalue weighted by Gasteiger charge is -2.09. The molecular weight excluding hydrogens is 396 g/mol. The molecule has 27 heavy (non-hydrogen) atoms. The fourth-order valence-corrected chi connectivity index (χ4v) is 5.76. The van der Waals surface area contributed by atoms with Crippen molar-refractivity contribution in [1.82, 2.24) is 4.98 Å². The van der Waals surface area contributed by atoms with Gasteiger partial charge >= 0.3 is 0 Å². The van der Waals surface area contributed by atoms with E-state index < -0.39 is 0 Å². The van der Waals surface area contributed by atoms with Crippen LogP contribution in [0.5, 0.6) is 0 Å². The number of rotatable bonds is 3. The Morgan fingerprint density at radius 2 is 1.96 bits per heavy atom. The number of anilines is 1. The van der Waals surface area contributed by atoms with E-state index in [-0.39, 0.29) is 5.78 Å². The van der Waals surface area contributed by atoms with Crippen molar-refractivity contribution in [2.45, 2.75) is 19.3 Å². The second-order valence-corrected chi connectivity index (χ2v) is 8.99. The molecule has 0 atom stereocenters. The van der Waals surface area contributed by atoms with Crippen LogP contribution >= 0.6 is 34.3 Å². The lowest BCUT2D eigenvalue weighted by atomic mass is 10.0. The van der Waals surface area contributed by atoms with Gasteiger partial charge in [-0.1, -0.05) is 17.7 Å². The Hall–Kier alpha value is -2.21. The zero-order valence-corrected chi connectivity index (χ0v) is 16.7. The molecule has 3 aromatic heterocycles. The first-order valence-electron chi connectivity index (χ1n) is 8.71. The molecule has 5 rings (SSSR count). The van der Waals surface area contributed by atoms with Gasteiger partial charge < -0.3 is 5.73 Å². The summed E-state index contributed by atoms with van der Waals surface area (Å²) in [7, 11) is 0. The van der Waals surface area contributed by atoms with Crippen LogP contribution in [0, 0.1) is 0 Å². The van der Waals surface area contributed by atoms with Crippen LogP contribution in [0.25, 0.3) is 20.7 Å². The number of carbonyl (C=O) groups excluding carboxylic acids is 1. The lowest BCUT2D eigenvalue weighted by molar-refractivity contribution is 0.104. The van der Waals surface area contributed by atoms with Crippen LogP contribution in [-0.4, -0.2) is 10.8 Å². The number of nitrogens with zero attached hydrogens (tertiary/aromatic N) is 1. The van der Waals surface area contributed by atoms with E-state index in [0.29, 0.717) is 21.2 Å². The number of aryl methyl sites for hydroxylation is 1. The number of benzene rings is 1. The fraction of sp³-hybridized carbons (Fsp3) is 0.143. The van der Waals surface area contributed by atoms with Crippen LogP contribution in [0.15, 0.2) is 41.8 Å². The van der Waals surface area contributed by atoms with Gasteiger partial charge in [-0.2, -0.15) is 0 Å². The van der Waals surface area contributed by atoms with Crippen LogP contribution in [0.1, 0.15) is 32.9 Å². The van der Waals surface area contributed by atoms with Gasteiger partial charge in [0.1, 0.15) is 9.71 Å². The van der Waals surface area contributed by atoms with Crippen LogP contribution in [0.3, 0.4) is 0 Å². The summed E-state index contributed by atoms with van der Waals surface area (Å²) in [6.07, 6.45) is 3.12. The second kappa shape index (κ2) is 6.44. The molecule has 0 spiro atoms. The van der Waals surface area contributed by atoms with E-state index in [1.807, 2.05) is 0 Å². The predicted octanol–water partition coefficient (Wildman–Crippen LogP) is 5.98. The van der Waals surface area contributed by atoms with Crippen molar-refractivity contribution in [3.8, 4) is 10.4 Å². The first-order chi connectivity index (χ1) is 13.1. The zero-order chi connectivity index (χ0) is 18.5. The van der Waals surface area contributed by atoms with Crippen molar-refractivity contribution < 1.29 is 4.79 Å². The van der Waals surface area contributed by atoms with Gasteiger partial charge in [0.2, 0.25) is 5.78 Å². The molecule has 1 aliphatic rings. The highest BCUT2D eigenvalue weighted by Gasteiger charge is 2.27. The van der Waals surface area contributed by atoms with Crippen molar-refractivity contribution in [3.05, 3.63) is 68.5 Å². The molecule has 0 unspecified atom stereocenters. The molecule has 0 amide bonds. The van der Waals surface area contributed by atoms with Crippen LogP contribution in [0.4, 0.5) is 5.69 Å². The number of thiophene rings is 2. The molecule has 0 bridgehead atoms. The van der Waals surface area contributed by atoms with Crippen molar-refractivity contribution in [1.29, 1.82) is 0 Å². The number of ketones is 1. The quantitative estimate of drug-likeness (QED) is 0.422. The Balaban J connectivity index is 1.75. The number of fused-ring (bicyclic) bond motifs is 2. The zero-order valence-electron chi connectivity index (χ0n) is 14.3. The van der Waals surface area contributed by atoms with E-state index in [1.165, 1.54) is 27.3 Å². The molecule has 134 valence electrons. The summed E-state index contributed by atoms with van der Waals surface area (Å²) < 4.78 is 0. The number of nitrogen functional groups attached to an aromatic ring is 1. The van der Waals surface area contributed by atoms with Gasteiger partial charge in [0.15, 0.2) is 0 Å². The molecule has 0 saturated carbocycles. The van der Waals surface area contributed by atoms with Gasteiger partial charge in [0.25, 0.3) is 0 Å². The third kappa shape index (κ3) is 2.69. The first-order valence-corrected chi connectivity index (χ1v) is 10.8. The fourth-order valence-electron chi connectivity index (χ4n) is 3.74. The van der Waals surface area contributed by atoms with E-state index in [2.05, 4.69) is 17.5 Å². The largest absolute Gasteiger partial charge is 0.397 e. The molecule has 3 heterocycles. The van der Waals surface area contributed by atoms with E-state index in [0.717, 1.165) is 35.2 Å². The van der Waals surface area contributed by atoms with Crippen LogP contribution < -0.4 is 5.73 Å². The minimum absolute atomic E-state index is 0.0792. The molecule has 0 radical (unpaired) electrons. The van der Waals surface area contributed by atoms with Crippen LogP contribution in [-0.2, 0) is 12.8 Å². The third-order valence-electron chi connectivity index (χ3n) is 4.98. The summed E-state index contributed by atoms with van der Waals surface area (Å²) in [6.45, 7) is 0. The summed E-state index contributed by atoms with van der Waals surface area (Å²) in [6, 6.07) is 11.1. The summed E-state index contributed by atoms with van der Waals surface area (Å²) in [5.41, 5.74) is 11.3. The maximum Gasteiger partial charge on any atom is 0.205 e. The highest BCUT2D eigenvalue weighted by Crippen LogP contribution is 2.45. The van der Waals surface area contributed by atoms with Gasteiger partial charge in [-0.25, -0.2) is 4.98 Å². The highest BCUT2D eigenvalue weighted by molar-refractivity contribution is 7.21. The Kier molecular flexibility index (Phi) is 4.04. The maximum atomic E-state index is 13.1. The molecule has 0 fully saturated rings. The van der Waals surface area contributed by atoms with Gasteiger partial charge in [-0.3, -0.25) is 4.79 Å². The van der Waals surface area contributed by atoms with Crippen molar-refractivity contribution in [3.63, 3.8) is 0 Å². The maximum absolute atomic E-state index is 13.1. The molecule has 0 aliphatic heterocycles. The molecular formula is C21H15ClN2OS2. The molecule has 0 saturated heterocycles. The predicted molar refractivity (Wildman–Crippen MR) is 114 cm³/mol. The van der Waals surface area contributed by atoms with Crippen molar-refractivity contribution in [2.24, 2.45) is 0 Å². The van der Waals surface area contributed by atoms with E-state index in [9.17, 15) is 4.79 Å². The van der Waals surface area contributed by atoms with E-state index >= 15 is 0 Å².